The van der Waals surface area contributed by atoms with Crippen molar-refractivity contribution in [2.75, 3.05) is 5.32 Å². The molecule has 1 aromatic heterocycles. The van der Waals surface area contributed by atoms with Crippen molar-refractivity contribution in [2.45, 2.75) is 44.7 Å². The zero-order valence-electron chi connectivity index (χ0n) is 14.1. The van der Waals surface area contributed by atoms with Crippen LogP contribution in [0.5, 0.6) is 0 Å². The minimum absolute atomic E-state index is 0.0863. The van der Waals surface area contributed by atoms with E-state index in [1.165, 1.54) is 12.7 Å². The molecule has 4 rings (SSSR count). The number of nitrogens with zero attached hydrogens (tertiary/aromatic N) is 1. The van der Waals surface area contributed by atoms with E-state index in [0.29, 0.717) is 6.54 Å². The Labute approximate surface area is 147 Å². The Bertz CT molecular complexity index is 763. The van der Waals surface area contributed by atoms with E-state index in [1.54, 1.807) is 17.0 Å². The molecule has 1 fully saturated rings. The van der Waals surface area contributed by atoms with Crippen LogP contribution >= 0.6 is 0 Å². The van der Waals surface area contributed by atoms with E-state index in [4.69, 9.17) is 4.42 Å². The molecule has 2 aliphatic rings. The SMILES string of the molecule is O=C1Nc2ccccc2CN(C(=O)c2ccco2)C1C1CCCCC1. The van der Waals surface area contributed by atoms with Crippen LogP contribution in [0.1, 0.15) is 48.2 Å². The number of hydrogen-bond donors (Lipinski definition) is 1. The molecule has 0 spiro atoms. The number of nitrogens with one attached hydrogen (secondary N) is 1. The van der Waals surface area contributed by atoms with Crippen molar-refractivity contribution >= 4 is 17.5 Å². The van der Waals surface area contributed by atoms with Gasteiger partial charge in [-0.1, -0.05) is 37.5 Å². The van der Waals surface area contributed by atoms with Gasteiger partial charge in [0.05, 0.1) is 6.26 Å². The van der Waals surface area contributed by atoms with Crippen molar-refractivity contribution in [1.82, 2.24) is 4.90 Å². The first-order chi connectivity index (χ1) is 12.2. The molecular weight excluding hydrogens is 316 g/mol. The van der Waals surface area contributed by atoms with Gasteiger partial charge in [-0.05, 0) is 42.5 Å². The van der Waals surface area contributed by atoms with Gasteiger partial charge in [-0.2, -0.15) is 0 Å². The molecule has 1 N–H and O–H groups in total. The maximum atomic E-state index is 13.1. The summed E-state index contributed by atoms with van der Waals surface area (Å²) in [5, 5.41) is 3.04. The normalized spacial score (nSPS) is 21.4. The zero-order chi connectivity index (χ0) is 17.2. The van der Waals surface area contributed by atoms with Crippen molar-refractivity contribution in [3.8, 4) is 0 Å². The van der Waals surface area contributed by atoms with E-state index in [1.807, 2.05) is 24.3 Å². The van der Waals surface area contributed by atoms with Crippen LogP contribution in [-0.4, -0.2) is 22.8 Å². The van der Waals surface area contributed by atoms with E-state index >= 15 is 0 Å². The second kappa shape index (κ2) is 6.75. The Kier molecular flexibility index (Phi) is 4.30. The fourth-order valence-corrected chi connectivity index (χ4v) is 4.07. The summed E-state index contributed by atoms with van der Waals surface area (Å²) in [7, 11) is 0. The molecule has 1 saturated carbocycles. The lowest BCUT2D eigenvalue weighted by molar-refractivity contribution is -0.122. The fraction of sp³-hybridized carbons (Fsp3) is 0.400. The van der Waals surface area contributed by atoms with E-state index < -0.39 is 6.04 Å². The number of fused-ring (bicyclic) bond motifs is 1. The average molecular weight is 338 g/mol. The van der Waals surface area contributed by atoms with Gasteiger partial charge in [0.25, 0.3) is 5.91 Å². The topological polar surface area (TPSA) is 62.6 Å². The smallest absolute Gasteiger partial charge is 0.290 e. The highest BCUT2D eigenvalue weighted by molar-refractivity contribution is 6.01. The molecule has 1 aliphatic heterocycles. The molecule has 1 atom stereocenters. The maximum absolute atomic E-state index is 13.1. The van der Waals surface area contributed by atoms with Gasteiger partial charge in [0.1, 0.15) is 6.04 Å². The number of hydrogen-bond acceptors (Lipinski definition) is 3. The average Bonchev–Trinajstić information content (AvgIpc) is 3.12. The molecular formula is C20H22N2O3. The number of rotatable bonds is 2. The van der Waals surface area contributed by atoms with E-state index in [2.05, 4.69) is 5.32 Å². The Morgan fingerprint density at radius 3 is 2.64 bits per heavy atom. The molecule has 5 heteroatoms. The third-order valence-electron chi connectivity index (χ3n) is 5.31. The minimum atomic E-state index is -0.453. The minimum Gasteiger partial charge on any atom is -0.459 e. The van der Waals surface area contributed by atoms with Crippen molar-refractivity contribution in [3.63, 3.8) is 0 Å². The van der Waals surface area contributed by atoms with Crippen LogP contribution < -0.4 is 5.32 Å². The molecule has 1 aliphatic carbocycles. The van der Waals surface area contributed by atoms with Crippen molar-refractivity contribution in [2.24, 2.45) is 5.92 Å². The second-order valence-electron chi connectivity index (χ2n) is 6.90. The number of amides is 2. The van der Waals surface area contributed by atoms with E-state index in [0.717, 1.165) is 36.9 Å². The van der Waals surface area contributed by atoms with Crippen LogP contribution in [0.25, 0.3) is 0 Å². The van der Waals surface area contributed by atoms with Crippen molar-refractivity contribution < 1.29 is 14.0 Å². The standard InChI is InChI=1S/C20H22N2O3/c23-19-18(14-7-2-1-3-8-14)22(20(24)17-11-6-12-25-17)13-15-9-4-5-10-16(15)21-19/h4-6,9-12,14,18H,1-3,7-8,13H2,(H,21,23). The molecule has 2 heterocycles. The predicted octanol–water partition coefficient (Wildman–Crippen LogP) is 3.82. The van der Waals surface area contributed by atoms with Crippen LogP contribution in [0.3, 0.4) is 0 Å². The molecule has 1 aromatic carbocycles. The highest BCUT2D eigenvalue weighted by Gasteiger charge is 2.40. The Morgan fingerprint density at radius 1 is 1.08 bits per heavy atom. The second-order valence-corrected chi connectivity index (χ2v) is 6.90. The van der Waals surface area contributed by atoms with Crippen LogP contribution in [0.2, 0.25) is 0 Å². The number of para-hydroxylation sites is 1. The quantitative estimate of drug-likeness (QED) is 0.905. The monoisotopic (exact) mass is 338 g/mol. The summed E-state index contributed by atoms with van der Waals surface area (Å²) in [6.45, 7) is 0.412. The van der Waals surface area contributed by atoms with Gasteiger partial charge in [-0.25, -0.2) is 0 Å². The van der Waals surface area contributed by atoms with E-state index in [-0.39, 0.29) is 23.5 Å². The largest absolute Gasteiger partial charge is 0.459 e. The third-order valence-corrected chi connectivity index (χ3v) is 5.31. The Balaban J connectivity index is 1.73. The zero-order valence-corrected chi connectivity index (χ0v) is 14.1. The fourth-order valence-electron chi connectivity index (χ4n) is 4.07. The molecule has 5 nitrogen and oxygen atoms in total. The Hall–Kier alpha value is -2.56. The van der Waals surface area contributed by atoms with Gasteiger partial charge < -0.3 is 14.6 Å². The number of furan rings is 1. The van der Waals surface area contributed by atoms with Crippen molar-refractivity contribution in [1.29, 1.82) is 0 Å². The summed E-state index contributed by atoms with van der Waals surface area (Å²) in [5.41, 5.74) is 1.75. The third kappa shape index (κ3) is 3.06. The summed E-state index contributed by atoms with van der Waals surface area (Å²) in [5.74, 6) is 0.180. The summed E-state index contributed by atoms with van der Waals surface area (Å²) >= 11 is 0. The van der Waals surface area contributed by atoms with Gasteiger partial charge in [0, 0.05) is 12.2 Å². The number of anilines is 1. The van der Waals surface area contributed by atoms with Crippen molar-refractivity contribution in [3.05, 3.63) is 54.0 Å². The van der Waals surface area contributed by atoms with Crippen LogP contribution in [0, 0.1) is 5.92 Å². The maximum Gasteiger partial charge on any atom is 0.290 e. The van der Waals surface area contributed by atoms with Gasteiger partial charge in [-0.3, -0.25) is 9.59 Å². The Morgan fingerprint density at radius 2 is 1.88 bits per heavy atom. The number of carbonyl (C=O) groups excluding carboxylic acids is 2. The molecule has 2 aromatic rings. The molecule has 130 valence electrons. The first kappa shape index (κ1) is 15.9. The molecule has 0 radical (unpaired) electrons. The molecule has 25 heavy (non-hydrogen) atoms. The van der Waals surface area contributed by atoms with Crippen LogP contribution in [0.15, 0.2) is 47.1 Å². The highest BCUT2D eigenvalue weighted by Crippen LogP contribution is 2.34. The van der Waals surface area contributed by atoms with Gasteiger partial charge in [0.15, 0.2) is 5.76 Å². The lowest BCUT2D eigenvalue weighted by Crippen LogP contribution is -2.50. The summed E-state index contributed by atoms with van der Waals surface area (Å²) in [4.78, 5) is 27.8. The van der Waals surface area contributed by atoms with Gasteiger partial charge >= 0.3 is 0 Å². The number of carbonyl (C=O) groups is 2. The summed E-state index contributed by atoms with van der Waals surface area (Å²) in [6, 6.07) is 10.6. The van der Waals surface area contributed by atoms with Crippen LogP contribution in [0.4, 0.5) is 5.69 Å². The molecule has 0 bridgehead atoms. The van der Waals surface area contributed by atoms with Gasteiger partial charge in [0.2, 0.25) is 5.91 Å². The molecule has 1 unspecified atom stereocenters. The number of benzene rings is 1. The molecule has 2 amide bonds. The highest BCUT2D eigenvalue weighted by atomic mass is 16.3. The lowest BCUT2D eigenvalue weighted by Gasteiger charge is -2.35. The van der Waals surface area contributed by atoms with E-state index in [9.17, 15) is 9.59 Å². The summed E-state index contributed by atoms with van der Waals surface area (Å²) in [6.07, 6.45) is 6.90. The van der Waals surface area contributed by atoms with Crippen LogP contribution in [-0.2, 0) is 11.3 Å². The summed E-state index contributed by atoms with van der Waals surface area (Å²) < 4.78 is 5.33. The first-order valence-corrected chi connectivity index (χ1v) is 8.97. The van der Waals surface area contributed by atoms with Gasteiger partial charge in [-0.15, -0.1) is 0 Å². The predicted molar refractivity (Wildman–Crippen MR) is 94.0 cm³/mol. The molecule has 0 saturated heterocycles. The first-order valence-electron chi connectivity index (χ1n) is 8.97. The lowest BCUT2D eigenvalue weighted by atomic mass is 9.82.